The Morgan fingerprint density at radius 3 is 2.96 bits per heavy atom. The third-order valence-corrected chi connectivity index (χ3v) is 6.25. The second-order valence-electron chi connectivity index (χ2n) is 6.43. The molecule has 0 spiro atoms. The summed E-state index contributed by atoms with van der Waals surface area (Å²) >= 11 is 7.90. The van der Waals surface area contributed by atoms with Gasteiger partial charge in [0.1, 0.15) is 11.6 Å². The molecular weight excluding hydrogens is 356 g/mol. The van der Waals surface area contributed by atoms with Gasteiger partial charge in [0.25, 0.3) is 0 Å². The van der Waals surface area contributed by atoms with E-state index in [4.69, 9.17) is 16.0 Å². The summed E-state index contributed by atoms with van der Waals surface area (Å²) in [6.07, 6.45) is 6.67. The van der Waals surface area contributed by atoms with E-state index in [1.807, 2.05) is 12.1 Å². The van der Waals surface area contributed by atoms with E-state index in [9.17, 15) is 0 Å². The SMILES string of the molecule is Cc1c(CCNC2CCC2)sc2c(NCc3ccco3)nc(Cl)nc12. The molecule has 7 heteroatoms. The van der Waals surface area contributed by atoms with E-state index in [1.165, 1.54) is 29.7 Å². The molecule has 3 heterocycles. The maximum Gasteiger partial charge on any atom is 0.224 e. The van der Waals surface area contributed by atoms with E-state index in [0.717, 1.165) is 40.8 Å². The van der Waals surface area contributed by atoms with Crippen molar-refractivity contribution >= 4 is 39.0 Å². The topological polar surface area (TPSA) is 63.0 Å². The van der Waals surface area contributed by atoms with Crippen molar-refractivity contribution in [2.24, 2.45) is 0 Å². The summed E-state index contributed by atoms with van der Waals surface area (Å²) in [6.45, 7) is 3.71. The van der Waals surface area contributed by atoms with Gasteiger partial charge in [-0.05, 0) is 55.5 Å². The summed E-state index contributed by atoms with van der Waals surface area (Å²) in [7, 11) is 0. The Balaban J connectivity index is 1.54. The molecule has 4 rings (SSSR count). The lowest BCUT2D eigenvalue weighted by Crippen LogP contribution is -2.36. The van der Waals surface area contributed by atoms with Crippen LogP contribution in [0.1, 0.15) is 35.5 Å². The van der Waals surface area contributed by atoms with Crippen molar-refractivity contribution in [1.29, 1.82) is 0 Å². The van der Waals surface area contributed by atoms with Gasteiger partial charge in [-0.1, -0.05) is 6.42 Å². The van der Waals surface area contributed by atoms with Crippen LogP contribution in [0.4, 0.5) is 5.82 Å². The fraction of sp³-hybridized carbons (Fsp3) is 0.444. The maximum absolute atomic E-state index is 6.14. The van der Waals surface area contributed by atoms with Crippen LogP contribution in [0.5, 0.6) is 0 Å². The number of aryl methyl sites for hydroxylation is 1. The third-order valence-electron chi connectivity index (χ3n) is 4.74. The molecule has 1 saturated carbocycles. The molecule has 0 aliphatic heterocycles. The van der Waals surface area contributed by atoms with Crippen LogP contribution in [0.25, 0.3) is 10.2 Å². The first-order valence-corrected chi connectivity index (χ1v) is 9.85. The van der Waals surface area contributed by atoms with Crippen LogP contribution >= 0.6 is 22.9 Å². The Labute approximate surface area is 155 Å². The average molecular weight is 377 g/mol. The van der Waals surface area contributed by atoms with Gasteiger partial charge in [0.15, 0.2) is 0 Å². The molecule has 0 aromatic carbocycles. The molecule has 5 nitrogen and oxygen atoms in total. The first kappa shape index (κ1) is 16.8. The summed E-state index contributed by atoms with van der Waals surface area (Å²) in [5.41, 5.74) is 2.16. The second-order valence-corrected chi connectivity index (χ2v) is 7.88. The Morgan fingerprint density at radius 1 is 1.36 bits per heavy atom. The van der Waals surface area contributed by atoms with Gasteiger partial charge in [0.2, 0.25) is 5.28 Å². The van der Waals surface area contributed by atoms with E-state index < -0.39 is 0 Å². The van der Waals surface area contributed by atoms with Gasteiger partial charge < -0.3 is 15.1 Å². The van der Waals surface area contributed by atoms with Gasteiger partial charge in [-0.2, -0.15) is 4.98 Å². The van der Waals surface area contributed by atoms with Crippen LogP contribution in [0.3, 0.4) is 0 Å². The predicted molar refractivity (Wildman–Crippen MR) is 103 cm³/mol. The molecular formula is C18H21ClN4OS. The van der Waals surface area contributed by atoms with Crippen molar-refractivity contribution in [2.45, 2.75) is 45.2 Å². The molecule has 25 heavy (non-hydrogen) atoms. The molecule has 1 aliphatic carbocycles. The Hall–Kier alpha value is -1.63. The highest BCUT2D eigenvalue weighted by atomic mass is 35.5. The van der Waals surface area contributed by atoms with Gasteiger partial charge in [0.05, 0.1) is 23.0 Å². The van der Waals surface area contributed by atoms with Crippen LogP contribution in [0.2, 0.25) is 5.28 Å². The number of furan rings is 1. The largest absolute Gasteiger partial charge is 0.467 e. The molecule has 132 valence electrons. The lowest BCUT2D eigenvalue weighted by molar-refractivity contribution is 0.342. The van der Waals surface area contributed by atoms with Crippen LogP contribution in [0, 0.1) is 6.92 Å². The normalized spacial score (nSPS) is 14.8. The zero-order valence-electron chi connectivity index (χ0n) is 14.1. The highest BCUT2D eigenvalue weighted by molar-refractivity contribution is 7.19. The highest BCUT2D eigenvalue weighted by Gasteiger charge is 2.18. The molecule has 0 radical (unpaired) electrons. The minimum atomic E-state index is 0.273. The number of rotatable bonds is 7. The van der Waals surface area contributed by atoms with Crippen molar-refractivity contribution in [3.8, 4) is 0 Å². The van der Waals surface area contributed by atoms with Gasteiger partial charge in [-0.15, -0.1) is 11.3 Å². The van der Waals surface area contributed by atoms with Crippen molar-refractivity contribution in [3.63, 3.8) is 0 Å². The fourth-order valence-corrected chi connectivity index (χ4v) is 4.43. The minimum absolute atomic E-state index is 0.273. The first-order valence-electron chi connectivity index (χ1n) is 8.66. The molecule has 2 N–H and O–H groups in total. The highest BCUT2D eigenvalue weighted by Crippen LogP contribution is 2.35. The summed E-state index contributed by atoms with van der Waals surface area (Å²) in [6, 6.07) is 4.53. The predicted octanol–water partition coefficient (Wildman–Crippen LogP) is 4.54. The summed E-state index contributed by atoms with van der Waals surface area (Å²) in [5.74, 6) is 1.64. The first-order chi connectivity index (χ1) is 12.2. The van der Waals surface area contributed by atoms with Crippen LogP contribution in [0.15, 0.2) is 22.8 Å². The fourth-order valence-electron chi connectivity index (χ4n) is 3.05. The van der Waals surface area contributed by atoms with Crippen molar-refractivity contribution < 1.29 is 4.42 Å². The molecule has 1 aliphatic rings. The van der Waals surface area contributed by atoms with Crippen LogP contribution in [-0.2, 0) is 13.0 Å². The molecule has 0 atom stereocenters. The quantitative estimate of drug-likeness (QED) is 0.592. The van der Waals surface area contributed by atoms with Crippen molar-refractivity contribution in [3.05, 3.63) is 39.9 Å². The number of nitrogens with one attached hydrogen (secondary N) is 2. The molecule has 3 aromatic rings. The standard InChI is InChI=1S/C18H21ClN4OS/c1-11-14(7-8-20-12-4-2-5-12)25-16-15(11)22-18(19)23-17(16)21-10-13-6-3-9-24-13/h3,6,9,12,20H,2,4-5,7-8,10H2,1H3,(H,21,22,23). The van der Waals surface area contributed by atoms with E-state index in [2.05, 4.69) is 27.5 Å². The molecule has 0 saturated heterocycles. The Morgan fingerprint density at radius 2 is 2.24 bits per heavy atom. The van der Waals surface area contributed by atoms with E-state index in [-0.39, 0.29) is 5.28 Å². The van der Waals surface area contributed by atoms with Gasteiger partial charge in [-0.3, -0.25) is 0 Å². The number of fused-ring (bicyclic) bond motifs is 1. The summed E-state index contributed by atoms with van der Waals surface area (Å²) in [5, 5.41) is 7.23. The van der Waals surface area contributed by atoms with E-state index in [0.29, 0.717) is 6.54 Å². The number of hydrogen-bond acceptors (Lipinski definition) is 6. The molecule has 0 unspecified atom stereocenters. The molecule has 0 amide bonds. The van der Waals surface area contributed by atoms with E-state index in [1.54, 1.807) is 17.6 Å². The van der Waals surface area contributed by atoms with Gasteiger partial charge in [0, 0.05) is 17.5 Å². The number of halogens is 1. The Kier molecular flexibility index (Phi) is 4.92. The number of thiophene rings is 1. The smallest absolute Gasteiger partial charge is 0.224 e. The minimum Gasteiger partial charge on any atom is -0.467 e. The lowest BCUT2D eigenvalue weighted by Gasteiger charge is -2.26. The number of anilines is 1. The van der Waals surface area contributed by atoms with Gasteiger partial charge in [-0.25, -0.2) is 4.98 Å². The molecule has 0 bridgehead atoms. The number of hydrogen-bond donors (Lipinski definition) is 2. The lowest BCUT2D eigenvalue weighted by atomic mass is 9.93. The van der Waals surface area contributed by atoms with Crippen LogP contribution < -0.4 is 10.6 Å². The zero-order chi connectivity index (χ0) is 17.2. The number of nitrogens with zero attached hydrogens (tertiary/aromatic N) is 2. The summed E-state index contributed by atoms with van der Waals surface area (Å²) < 4.78 is 6.44. The average Bonchev–Trinajstić information content (AvgIpc) is 3.17. The van der Waals surface area contributed by atoms with Gasteiger partial charge >= 0.3 is 0 Å². The second kappa shape index (κ2) is 7.32. The van der Waals surface area contributed by atoms with Crippen molar-refractivity contribution in [1.82, 2.24) is 15.3 Å². The molecule has 1 fully saturated rings. The summed E-state index contributed by atoms with van der Waals surface area (Å²) in [4.78, 5) is 10.2. The Bertz CT molecular complexity index is 858. The monoisotopic (exact) mass is 376 g/mol. The van der Waals surface area contributed by atoms with E-state index >= 15 is 0 Å². The zero-order valence-corrected chi connectivity index (χ0v) is 15.7. The molecule has 3 aromatic heterocycles. The van der Waals surface area contributed by atoms with Crippen molar-refractivity contribution in [2.75, 3.05) is 11.9 Å². The maximum atomic E-state index is 6.14. The third kappa shape index (κ3) is 3.66. The number of aromatic nitrogens is 2. The van der Waals surface area contributed by atoms with Crippen LogP contribution in [-0.4, -0.2) is 22.6 Å².